The number of ether oxygens (including phenoxy) is 1. The van der Waals surface area contributed by atoms with E-state index in [1.54, 1.807) is 19.2 Å². The van der Waals surface area contributed by atoms with Gasteiger partial charge in [-0.2, -0.15) is 8.42 Å². The molecular formula is C22H18N4O4S. The van der Waals surface area contributed by atoms with E-state index in [-0.39, 0.29) is 10.8 Å². The van der Waals surface area contributed by atoms with Gasteiger partial charge in [-0.05, 0) is 48.0 Å². The molecule has 1 N–H and O–H groups in total. The highest BCUT2D eigenvalue weighted by molar-refractivity contribution is 7.89. The summed E-state index contributed by atoms with van der Waals surface area (Å²) in [7, 11) is -2.21. The summed E-state index contributed by atoms with van der Waals surface area (Å²) in [6.07, 6.45) is 2.24. The lowest BCUT2D eigenvalue weighted by Crippen LogP contribution is -2.15. The molecule has 31 heavy (non-hydrogen) atoms. The zero-order chi connectivity index (χ0) is 21.8. The van der Waals surface area contributed by atoms with Crippen molar-refractivity contribution in [3.8, 4) is 16.9 Å². The third kappa shape index (κ3) is 4.17. The normalized spacial score (nSPS) is 11.1. The Morgan fingerprint density at radius 3 is 2.32 bits per heavy atom. The minimum Gasteiger partial charge on any atom is -0.496 e. The van der Waals surface area contributed by atoms with Gasteiger partial charge in [-0.25, -0.2) is 4.98 Å². The summed E-state index contributed by atoms with van der Waals surface area (Å²) in [6.45, 7) is 0. The molecule has 4 aromatic rings. The van der Waals surface area contributed by atoms with E-state index in [0.29, 0.717) is 11.3 Å². The van der Waals surface area contributed by atoms with Gasteiger partial charge in [0.2, 0.25) is 0 Å². The molecule has 0 fully saturated rings. The lowest BCUT2D eigenvalue weighted by Gasteiger charge is -2.10. The van der Waals surface area contributed by atoms with Crippen molar-refractivity contribution in [2.24, 2.45) is 0 Å². The van der Waals surface area contributed by atoms with Crippen molar-refractivity contribution in [2.45, 2.75) is 4.90 Å². The van der Waals surface area contributed by atoms with Crippen molar-refractivity contribution in [3.63, 3.8) is 0 Å². The summed E-state index contributed by atoms with van der Waals surface area (Å²) < 4.78 is 31.0. The van der Waals surface area contributed by atoms with Gasteiger partial charge in [0.25, 0.3) is 15.9 Å². The Kier molecular flexibility index (Phi) is 5.50. The molecule has 9 heteroatoms. The van der Waals surface area contributed by atoms with Gasteiger partial charge in [0, 0.05) is 16.8 Å². The second kappa shape index (κ2) is 8.41. The molecule has 0 saturated carbocycles. The van der Waals surface area contributed by atoms with Gasteiger partial charge in [0.05, 0.1) is 12.0 Å². The summed E-state index contributed by atoms with van der Waals surface area (Å²) in [5.41, 5.74) is 2.85. The molecule has 1 aromatic heterocycles. The van der Waals surface area contributed by atoms with Crippen LogP contribution in [0.4, 0.5) is 5.69 Å². The number of aromatic nitrogens is 3. The maximum Gasteiger partial charge on any atom is 0.284 e. The van der Waals surface area contributed by atoms with E-state index in [1.165, 1.54) is 24.3 Å². The highest BCUT2D eigenvalue weighted by Gasteiger charge is 2.18. The molecule has 0 saturated heterocycles. The number of hydrogen-bond donors (Lipinski definition) is 1. The Morgan fingerprint density at radius 1 is 0.968 bits per heavy atom. The minimum absolute atomic E-state index is 0.00992. The molecule has 0 aliphatic heterocycles. The molecule has 156 valence electrons. The second-order valence-corrected chi connectivity index (χ2v) is 8.32. The Bertz CT molecular complexity index is 1300. The van der Waals surface area contributed by atoms with Crippen LogP contribution in [0.15, 0.2) is 90.3 Å². The van der Waals surface area contributed by atoms with E-state index < -0.39 is 10.0 Å². The molecule has 0 bridgehead atoms. The van der Waals surface area contributed by atoms with E-state index in [0.717, 1.165) is 33.6 Å². The Hall–Kier alpha value is -3.98. The van der Waals surface area contributed by atoms with E-state index in [1.807, 2.05) is 36.4 Å². The van der Waals surface area contributed by atoms with Crippen LogP contribution >= 0.6 is 0 Å². The van der Waals surface area contributed by atoms with Crippen molar-refractivity contribution in [1.82, 2.24) is 14.2 Å². The van der Waals surface area contributed by atoms with Gasteiger partial charge in [0.1, 0.15) is 18.4 Å². The lowest BCUT2D eigenvalue weighted by molar-refractivity contribution is 0.102. The molecule has 0 atom stereocenters. The number of hydrogen-bond acceptors (Lipinski definition) is 6. The predicted molar refractivity (Wildman–Crippen MR) is 115 cm³/mol. The first kappa shape index (κ1) is 20.3. The molecule has 1 amide bonds. The SMILES string of the molecule is COc1ccccc1-c1ccc(NC(=O)c2ccc(S(=O)(=O)n3cncn3)cc2)cc1. The van der Waals surface area contributed by atoms with Crippen LogP contribution in [-0.4, -0.2) is 35.6 Å². The molecule has 4 rings (SSSR count). The third-order valence-corrected chi connectivity index (χ3v) is 6.17. The largest absolute Gasteiger partial charge is 0.496 e. The first-order valence-electron chi connectivity index (χ1n) is 9.24. The van der Waals surface area contributed by atoms with E-state index >= 15 is 0 Å². The van der Waals surface area contributed by atoms with Crippen LogP contribution < -0.4 is 10.1 Å². The number of methoxy groups -OCH3 is 1. The number of nitrogens with zero attached hydrogens (tertiary/aromatic N) is 3. The van der Waals surface area contributed by atoms with Gasteiger partial charge in [-0.15, -0.1) is 9.19 Å². The van der Waals surface area contributed by atoms with Gasteiger partial charge >= 0.3 is 0 Å². The van der Waals surface area contributed by atoms with Crippen molar-refractivity contribution in [1.29, 1.82) is 0 Å². The van der Waals surface area contributed by atoms with Crippen LogP contribution in [-0.2, 0) is 10.0 Å². The lowest BCUT2D eigenvalue weighted by atomic mass is 10.0. The Labute approximate surface area is 179 Å². The van der Waals surface area contributed by atoms with Gasteiger partial charge < -0.3 is 10.1 Å². The fourth-order valence-electron chi connectivity index (χ4n) is 3.03. The number of benzene rings is 3. The van der Waals surface area contributed by atoms with E-state index in [4.69, 9.17) is 4.74 Å². The van der Waals surface area contributed by atoms with Crippen molar-refractivity contribution >= 4 is 21.6 Å². The van der Waals surface area contributed by atoms with Crippen LogP contribution in [0.2, 0.25) is 0 Å². The number of amides is 1. The summed E-state index contributed by atoms with van der Waals surface area (Å²) in [4.78, 5) is 16.2. The number of para-hydroxylation sites is 1. The maximum absolute atomic E-state index is 12.6. The summed E-state index contributed by atoms with van der Waals surface area (Å²) in [5.74, 6) is 0.412. The van der Waals surface area contributed by atoms with E-state index in [2.05, 4.69) is 15.4 Å². The number of rotatable bonds is 6. The van der Waals surface area contributed by atoms with Crippen LogP contribution in [0.1, 0.15) is 10.4 Å². The molecule has 3 aromatic carbocycles. The average Bonchev–Trinajstić information content (AvgIpc) is 3.36. The molecule has 8 nitrogen and oxygen atoms in total. The second-order valence-electron chi connectivity index (χ2n) is 6.53. The van der Waals surface area contributed by atoms with Gasteiger partial charge in [-0.3, -0.25) is 4.79 Å². The van der Waals surface area contributed by atoms with Crippen LogP contribution in [0.25, 0.3) is 11.1 Å². The number of anilines is 1. The fraction of sp³-hybridized carbons (Fsp3) is 0.0455. The monoisotopic (exact) mass is 434 g/mol. The molecule has 1 heterocycles. The zero-order valence-corrected chi connectivity index (χ0v) is 17.3. The zero-order valence-electron chi connectivity index (χ0n) is 16.5. The number of carbonyl (C=O) groups excluding carboxylic acids is 1. The Morgan fingerprint density at radius 2 is 1.68 bits per heavy atom. The number of nitrogens with one attached hydrogen (secondary N) is 1. The summed E-state index contributed by atoms with van der Waals surface area (Å²) in [6, 6.07) is 20.7. The third-order valence-electron chi connectivity index (χ3n) is 4.62. The first-order chi connectivity index (χ1) is 15.0. The first-order valence-corrected chi connectivity index (χ1v) is 10.7. The van der Waals surface area contributed by atoms with Crippen molar-refractivity contribution in [2.75, 3.05) is 12.4 Å². The van der Waals surface area contributed by atoms with Crippen LogP contribution in [0, 0.1) is 0 Å². The summed E-state index contributed by atoms with van der Waals surface area (Å²) >= 11 is 0. The van der Waals surface area contributed by atoms with Crippen LogP contribution in [0.5, 0.6) is 5.75 Å². The quantitative estimate of drug-likeness (QED) is 0.499. The molecule has 0 spiro atoms. The molecule has 0 radical (unpaired) electrons. The molecule has 0 aliphatic carbocycles. The standard InChI is InChI=1S/C22H18N4O4S/c1-30-21-5-3-2-4-20(21)16-6-10-18(11-7-16)25-22(27)17-8-12-19(13-9-17)31(28,29)26-15-23-14-24-26/h2-15H,1H3,(H,25,27). The van der Waals surface area contributed by atoms with Gasteiger partial charge in [-0.1, -0.05) is 30.3 Å². The summed E-state index contributed by atoms with van der Waals surface area (Å²) in [5, 5.41) is 6.45. The van der Waals surface area contributed by atoms with Crippen LogP contribution in [0.3, 0.4) is 0 Å². The average molecular weight is 434 g/mol. The minimum atomic E-state index is -3.83. The topological polar surface area (TPSA) is 103 Å². The highest BCUT2D eigenvalue weighted by atomic mass is 32.2. The number of carbonyl (C=O) groups is 1. The van der Waals surface area contributed by atoms with Gasteiger partial charge in [0.15, 0.2) is 0 Å². The predicted octanol–water partition coefficient (Wildman–Crippen LogP) is 3.44. The van der Waals surface area contributed by atoms with Crippen molar-refractivity contribution < 1.29 is 17.9 Å². The van der Waals surface area contributed by atoms with Crippen molar-refractivity contribution in [3.05, 3.63) is 91.0 Å². The fourth-order valence-corrected chi connectivity index (χ4v) is 4.07. The molecule has 0 aliphatic rings. The highest BCUT2D eigenvalue weighted by Crippen LogP contribution is 2.30. The van der Waals surface area contributed by atoms with E-state index in [9.17, 15) is 13.2 Å². The molecular weight excluding hydrogens is 416 g/mol. The maximum atomic E-state index is 12.6. The molecule has 0 unspecified atom stereocenters. The Balaban J connectivity index is 1.48. The smallest absolute Gasteiger partial charge is 0.284 e.